The molecule has 0 aromatic heterocycles. The molecule has 1 aliphatic heterocycles. The molecule has 5 nitrogen and oxygen atoms in total. The minimum Gasteiger partial charge on any atom is -0.490 e. The highest BCUT2D eigenvalue weighted by molar-refractivity contribution is 6.06. The second-order valence-electron chi connectivity index (χ2n) is 15.1. The summed E-state index contributed by atoms with van der Waals surface area (Å²) in [7, 11) is 0. The van der Waals surface area contributed by atoms with E-state index in [4.69, 9.17) is 9.47 Å². The lowest BCUT2D eigenvalue weighted by molar-refractivity contribution is -0.119. The molecular weight excluding hydrogens is 546 g/mol. The zero-order valence-corrected chi connectivity index (χ0v) is 27.6. The van der Waals surface area contributed by atoms with Crippen molar-refractivity contribution in [2.45, 2.75) is 118 Å². The van der Waals surface area contributed by atoms with E-state index in [1.807, 2.05) is 25.1 Å². The van der Waals surface area contributed by atoms with Gasteiger partial charge < -0.3 is 14.4 Å². The van der Waals surface area contributed by atoms with Gasteiger partial charge in [-0.05, 0) is 73.6 Å². The number of carbonyl (C=O) groups excluding carboxylic acids is 2. The van der Waals surface area contributed by atoms with Crippen LogP contribution in [0.15, 0.2) is 65.0 Å². The maximum Gasteiger partial charge on any atom is 0.162 e. The van der Waals surface area contributed by atoms with Crippen molar-refractivity contribution in [1.29, 1.82) is 0 Å². The Morgan fingerprint density at radius 1 is 0.773 bits per heavy atom. The Kier molecular flexibility index (Phi) is 8.28. The number of ketones is 2. The van der Waals surface area contributed by atoms with E-state index in [0.29, 0.717) is 43.6 Å². The van der Waals surface area contributed by atoms with E-state index in [9.17, 15) is 9.59 Å². The molecule has 6 rings (SSSR count). The van der Waals surface area contributed by atoms with Crippen LogP contribution in [0.2, 0.25) is 0 Å². The van der Waals surface area contributed by atoms with Crippen molar-refractivity contribution in [2.75, 3.05) is 6.61 Å². The van der Waals surface area contributed by atoms with E-state index in [1.54, 1.807) is 0 Å². The Bertz CT molecular complexity index is 1470. The first-order valence-corrected chi connectivity index (χ1v) is 16.7. The average Bonchev–Trinajstić information content (AvgIpc) is 2.95. The number of hydrogen-bond acceptors (Lipinski definition) is 5. The number of hydrogen-bond donors (Lipinski definition) is 0. The van der Waals surface area contributed by atoms with Crippen LogP contribution in [0.5, 0.6) is 11.5 Å². The van der Waals surface area contributed by atoms with Gasteiger partial charge in [-0.25, -0.2) is 0 Å². The molecule has 0 amide bonds. The molecule has 0 bridgehead atoms. The lowest BCUT2D eigenvalue weighted by atomic mass is 9.63. The van der Waals surface area contributed by atoms with Crippen molar-refractivity contribution in [1.82, 2.24) is 4.90 Å². The fourth-order valence-corrected chi connectivity index (χ4v) is 8.16. The van der Waals surface area contributed by atoms with Gasteiger partial charge in [0.15, 0.2) is 23.1 Å². The van der Waals surface area contributed by atoms with Crippen molar-refractivity contribution in [3.8, 4) is 11.5 Å². The molecule has 2 aromatic rings. The van der Waals surface area contributed by atoms with Crippen LogP contribution in [-0.4, -0.2) is 29.1 Å². The molecule has 1 heterocycles. The van der Waals surface area contributed by atoms with E-state index in [-0.39, 0.29) is 28.3 Å². The van der Waals surface area contributed by atoms with Crippen molar-refractivity contribution in [3.05, 3.63) is 81.7 Å². The first-order valence-electron chi connectivity index (χ1n) is 16.7. The van der Waals surface area contributed by atoms with Gasteiger partial charge in [0.05, 0.1) is 6.61 Å². The first-order chi connectivity index (χ1) is 21.0. The second-order valence-corrected chi connectivity index (χ2v) is 15.1. The molecule has 1 saturated carbocycles. The zero-order valence-electron chi connectivity index (χ0n) is 27.6. The van der Waals surface area contributed by atoms with Gasteiger partial charge in [0, 0.05) is 47.3 Å². The summed E-state index contributed by atoms with van der Waals surface area (Å²) in [6.07, 6.45) is 8.59. The van der Waals surface area contributed by atoms with Crippen molar-refractivity contribution in [3.63, 3.8) is 0 Å². The number of allylic oxidation sites excluding steroid dienone is 4. The number of benzene rings is 2. The van der Waals surface area contributed by atoms with E-state index in [2.05, 4.69) is 63.8 Å². The maximum atomic E-state index is 14.3. The number of ether oxygens (including phenoxy) is 2. The summed E-state index contributed by atoms with van der Waals surface area (Å²) in [6.45, 7) is 13.9. The Labute approximate surface area is 263 Å². The monoisotopic (exact) mass is 595 g/mol. The van der Waals surface area contributed by atoms with E-state index >= 15 is 0 Å². The summed E-state index contributed by atoms with van der Waals surface area (Å²) in [5, 5.41) is 0. The van der Waals surface area contributed by atoms with Gasteiger partial charge >= 0.3 is 0 Å². The third-order valence-corrected chi connectivity index (χ3v) is 9.97. The molecule has 234 valence electrons. The number of carbonyl (C=O) groups is 2. The average molecular weight is 596 g/mol. The molecule has 4 aliphatic rings. The predicted molar refractivity (Wildman–Crippen MR) is 175 cm³/mol. The van der Waals surface area contributed by atoms with Gasteiger partial charge in [0.25, 0.3) is 0 Å². The molecule has 2 aromatic carbocycles. The quantitative estimate of drug-likeness (QED) is 0.320. The normalized spacial score (nSPS) is 22.2. The SMILES string of the molecule is CCOc1cc(C2C3=C(CC(C)(C)CC3=O)N(C3CCCCC3)C3=C2C(=O)CC(C)(C)C3)ccc1OCc1cccc(C)c1. The molecule has 5 heteroatoms. The fourth-order valence-electron chi connectivity index (χ4n) is 8.16. The summed E-state index contributed by atoms with van der Waals surface area (Å²) < 4.78 is 12.4. The van der Waals surface area contributed by atoms with Gasteiger partial charge in [-0.2, -0.15) is 0 Å². The van der Waals surface area contributed by atoms with Crippen molar-refractivity contribution >= 4 is 11.6 Å². The molecule has 44 heavy (non-hydrogen) atoms. The Balaban J connectivity index is 1.48. The summed E-state index contributed by atoms with van der Waals surface area (Å²) in [4.78, 5) is 31.0. The third-order valence-electron chi connectivity index (χ3n) is 9.97. The van der Waals surface area contributed by atoms with Crippen LogP contribution in [0, 0.1) is 17.8 Å². The highest BCUT2D eigenvalue weighted by Crippen LogP contribution is 2.56. The van der Waals surface area contributed by atoms with E-state index in [1.165, 1.54) is 36.2 Å². The highest BCUT2D eigenvalue weighted by Gasteiger charge is 2.50. The Morgan fingerprint density at radius 3 is 2.00 bits per heavy atom. The largest absolute Gasteiger partial charge is 0.490 e. The molecule has 1 fully saturated rings. The Hall–Kier alpha value is -3.34. The van der Waals surface area contributed by atoms with Crippen LogP contribution >= 0.6 is 0 Å². The molecule has 0 radical (unpaired) electrons. The smallest absolute Gasteiger partial charge is 0.162 e. The molecule has 0 spiro atoms. The summed E-state index contributed by atoms with van der Waals surface area (Å²) in [6, 6.07) is 14.7. The predicted octanol–water partition coefficient (Wildman–Crippen LogP) is 8.99. The van der Waals surface area contributed by atoms with Crippen LogP contribution < -0.4 is 9.47 Å². The molecule has 0 unspecified atom stereocenters. The van der Waals surface area contributed by atoms with Crippen LogP contribution in [0.4, 0.5) is 0 Å². The van der Waals surface area contributed by atoms with Gasteiger partial charge in [-0.3, -0.25) is 9.59 Å². The minimum absolute atomic E-state index is 0.121. The van der Waals surface area contributed by atoms with Crippen LogP contribution in [0.3, 0.4) is 0 Å². The molecule has 0 atom stereocenters. The standard InChI is InChI=1S/C39H49NO4/c1-7-43-34-19-27(16-17-33(34)44-24-26-13-11-12-25(2)18-26)35-36-29(20-38(3,4)22-31(36)41)40(28-14-9-8-10-15-28)30-21-39(5,6)23-32(42)37(30)35/h11-13,16-19,28,35H,7-10,14-15,20-24H2,1-6H3. The minimum atomic E-state index is -0.378. The summed E-state index contributed by atoms with van der Waals surface area (Å²) in [5.41, 5.74) is 7.03. The van der Waals surface area contributed by atoms with Gasteiger partial charge in [-0.1, -0.05) is 82.9 Å². The molecule has 0 N–H and O–H groups in total. The topological polar surface area (TPSA) is 55.8 Å². The third kappa shape index (κ3) is 5.99. The zero-order chi connectivity index (χ0) is 31.2. The van der Waals surface area contributed by atoms with Gasteiger partial charge in [-0.15, -0.1) is 0 Å². The summed E-state index contributed by atoms with van der Waals surface area (Å²) >= 11 is 0. The lowest BCUT2D eigenvalue weighted by Crippen LogP contribution is -2.48. The Morgan fingerprint density at radius 2 is 1.41 bits per heavy atom. The van der Waals surface area contributed by atoms with Crippen LogP contribution in [0.25, 0.3) is 0 Å². The van der Waals surface area contributed by atoms with Crippen LogP contribution in [-0.2, 0) is 16.2 Å². The van der Waals surface area contributed by atoms with E-state index in [0.717, 1.165) is 48.0 Å². The first kappa shape index (κ1) is 30.7. The molecule has 3 aliphatic carbocycles. The molecular formula is C39H49NO4. The van der Waals surface area contributed by atoms with Crippen LogP contribution in [0.1, 0.15) is 115 Å². The number of aryl methyl sites for hydroxylation is 1. The lowest BCUT2D eigenvalue weighted by Gasteiger charge is -2.52. The van der Waals surface area contributed by atoms with Crippen molar-refractivity contribution < 1.29 is 19.1 Å². The second kappa shape index (κ2) is 11.9. The van der Waals surface area contributed by atoms with Gasteiger partial charge in [0.1, 0.15) is 6.61 Å². The maximum absolute atomic E-state index is 14.3. The van der Waals surface area contributed by atoms with E-state index < -0.39 is 0 Å². The number of rotatable bonds is 7. The van der Waals surface area contributed by atoms with Gasteiger partial charge in [0.2, 0.25) is 0 Å². The summed E-state index contributed by atoms with van der Waals surface area (Å²) in [5.74, 6) is 1.32. The fraction of sp³-hybridized carbons (Fsp3) is 0.538. The highest BCUT2D eigenvalue weighted by atomic mass is 16.5. The molecule has 0 saturated heterocycles. The van der Waals surface area contributed by atoms with Crippen molar-refractivity contribution in [2.24, 2.45) is 10.8 Å². The number of nitrogens with zero attached hydrogens (tertiary/aromatic N) is 1. The number of Topliss-reactive ketones (excluding diaryl/α,β-unsaturated/α-hetero) is 2.